The Bertz CT molecular complexity index is 871. The third-order valence-corrected chi connectivity index (χ3v) is 3.98. The quantitative estimate of drug-likeness (QED) is 0.699. The summed E-state index contributed by atoms with van der Waals surface area (Å²) in [6, 6.07) is 2.34. The number of aromatic nitrogens is 2. The minimum absolute atomic E-state index is 0.00239. The number of fused-ring (bicyclic) bond motifs is 1. The van der Waals surface area contributed by atoms with Gasteiger partial charge >= 0.3 is 12.1 Å². The first-order valence-corrected chi connectivity index (χ1v) is 8.12. The fourth-order valence-electron chi connectivity index (χ4n) is 2.66. The fraction of sp³-hybridized carbons (Fsp3) is 0.471. The third kappa shape index (κ3) is 3.88. The molecular weight excluding hydrogens is 370 g/mol. The molecule has 0 saturated heterocycles. The van der Waals surface area contributed by atoms with Gasteiger partial charge in [0.2, 0.25) is 11.7 Å². The minimum atomic E-state index is -4.79. The van der Waals surface area contributed by atoms with Gasteiger partial charge in [0.1, 0.15) is 18.2 Å². The topological polar surface area (TPSA) is 68.5 Å². The van der Waals surface area contributed by atoms with E-state index >= 15 is 0 Å². The van der Waals surface area contributed by atoms with Crippen LogP contribution in [0.4, 0.5) is 17.6 Å². The van der Waals surface area contributed by atoms with Gasteiger partial charge < -0.3 is 14.2 Å². The average Bonchev–Trinajstić information content (AvgIpc) is 2.95. The van der Waals surface area contributed by atoms with Gasteiger partial charge in [-0.3, -0.25) is 4.79 Å². The van der Waals surface area contributed by atoms with E-state index in [1.165, 1.54) is 11.0 Å². The van der Waals surface area contributed by atoms with Crippen LogP contribution in [0, 0.1) is 11.2 Å². The number of halogens is 4. The maximum absolute atomic E-state index is 14.6. The molecule has 2 heterocycles. The van der Waals surface area contributed by atoms with Gasteiger partial charge in [-0.15, -0.1) is 0 Å². The maximum atomic E-state index is 14.6. The van der Waals surface area contributed by atoms with Crippen molar-refractivity contribution in [3.8, 4) is 17.1 Å². The molecule has 0 bridgehead atoms. The standard InChI is InChI=1S/C17H17F4N3O3/c1-16(2,3)15(25)24-4-5-26-12-7-9(6-11(18)10(12)8-24)13-22-14(27-23-13)17(19,20)21/h6-7H,4-5,8H2,1-3H3. The number of carbonyl (C=O) groups excluding carboxylic acids is 1. The highest BCUT2D eigenvalue weighted by molar-refractivity contribution is 5.81. The van der Waals surface area contributed by atoms with Gasteiger partial charge in [0.25, 0.3) is 0 Å². The number of alkyl halides is 3. The summed E-state index contributed by atoms with van der Waals surface area (Å²) in [6.07, 6.45) is -4.79. The third-order valence-electron chi connectivity index (χ3n) is 3.98. The van der Waals surface area contributed by atoms with E-state index in [9.17, 15) is 22.4 Å². The number of rotatable bonds is 1. The Hall–Kier alpha value is -2.65. The average molecular weight is 387 g/mol. The highest BCUT2D eigenvalue weighted by Gasteiger charge is 2.38. The van der Waals surface area contributed by atoms with Crippen molar-refractivity contribution in [3.05, 3.63) is 29.4 Å². The predicted molar refractivity (Wildman–Crippen MR) is 85.1 cm³/mol. The number of benzene rings is 1. The maximum Gasteiger partial charge on any atom is 0.471 e. The molecule has 1 aliphatic heterocycles. The summed E-state index contributed by atoms with van der Waals surface area (Å²) >= 11 is 0. The van der Waals surface area contributed by atoms with E-state index in [-0.39, 0.29) is 42.5 Å². The zero-order chi connectivity index (χ0) is 20.0. The van der Waals surface area contributed by atoms with Crippen LogP contribution >= 0.6 is 0 Å². The molecule has 0 saturated carbocycles. The number of ether oxygens (including phenoxy) is 1. The summed E-state index contributed by atoms with van der Waals surface area (Å²) in [5.41, 5.74) is -0.506. The lowest BCUT2D eigenvalue weighted by Crippen LogP contribution is -2.40. The van der Waals surface area contributed by atoms with Gasteiger partial charge in [0, 0.05) is 16.5 Å². The van der Waals surface area contributed by atoms with Crippen LogP contribution < -0.4 is 4.74 Å². The number of nitrogens with zero attached hydrogens (tertiary/aromatic N) is 3. The molecule has 0 aliphatic carbocycles. The molecule has 0 radical (unpaired) electrons. The summed E-state index contributed by atoms with van der Waals surface area (Å²) in [4.78, 5) is 17.2. The largest absolute Gasteiger partial charge is 0.491 e. The molecule has 0 fully saturated rings. The molecular formula is C17H17F4N3O3. The molecule has 0 spiro atoms. The summed E-state index contributed by atoms with van der Waals surface area (Å²) in [5.74, 6) is -2.67. The van der Waals surface area contributed by atoms with E-state index in [4.69, 9.17) is 4.74 Å². The first-order chi connectivity index (χ1) is 12.5. The highest BCUT2D eigenvalue weighted by Crippen LogP contribution is 2.34. The van der Waals surface area contributed by atoms with E-state index in [1.807, 2.05) is 0 Å². The van der Waals surface area contributed by atoms with Crippen molar-refractivity contribution in [2.45, 2.75) is 33.5 Å². The molecule has 1 aromatic carbocycles. The van der Waals surface area contributed by atoms with Crippen molar-refractivity contribution < 1.29 is 31.6 Å². The highest BCUT2D eigenvalue weighted by atomic mass is 19.4. The molecule has 1 aliphatic rings. The van der Waals surface area contributed by atoms with Gasteiger partial charge in [-0.1, -0.05) is 25.9 Å². The number of carbonyl (C=O) groups is 1. The molecule has 2 aromatic rings. The molecule has 3 rings (SSSR count). The van der Waals surface area contributed by atoms with Crippen LogP contribution in [0.2, 0.25) is 0 Å². The van der Waals surface area contributed by atoms with Crippen molar-refractivity contribution in [2.75, 3.05) is 13.2 Å². The van der Waals surface area contributed by atoms with Crippen LogP contribution in [0.1, 0.15) is 32.2 Å². The Labute approximate surface area is 152 Å². The van der Waals surface area contributed by atoms with Crippen LogP contribution in [0.5, 0.6) is 5.75 Å². The molecule has 0 N–H and O–H groups in total. The second-order valence-corrected chi connectivity index (χ2v) is 7.18. The van der Waals surface area contributed by atoms with Crippen LogP contribution in [-0.2, 0) is 17.5 Å². The van der Waals surface area contributed by atoms with Crippen LogP contribution in [0.25, 0.3) is 11.4 Å². The van der Waals surface area contributed by atoms with Crippen LogP contribution in [-0.4, -0.2) is 34.1 Å². The Balaban J connectivity index is 1.94. The fourth-order valence-corrected chi connectivity index (χ4v) is 2.66. The first kappa shape index (κ1) is 19.1. The molecule has 1 aromatic heterocycles. The lowest BCUT2D eigenvalue weighted by atomic mass is 9.94. The zero-order valence-electron chi connectivity index (χ0n) is 14.9. The second kappa shape index (κ2) is 6.50. The second-order valence-electron chi connectivity index (χ2n) is 7.18. The summed E-state index contributed by atoms with van der Waals surface area (Å²) in [7, 11) is 0. The van der Waals surface area contributed by atoms with E-state index < -0.39 is 29.1 Å². The van der Waals surface area contributed by atoms with Crippen molar-refractivity contribution >= 4 is 5.91 Å². The molecule has 0 atom stereocenters. The van der Waals surface area contributed by atoms with Crippen molar-refractivity contribution in [1.29, 1.82) is 0 Å². The molecule has 1 amide bonds. The van der Waals surface area contributed by atoms with Gasteiger partial charge in [-0.05, 0) is 12.1 Å². The van der Waals surface area contributed by atoms with Gasteiger partial charge in [-0.2, -0.15) is 18.2 Å². The van der Waals surface area contributed by atoms with Gasteiger partial charge in [0.15, 0.2) is 0 Å². The van der Waals surface area contributed by atoms with Crippen LogP contribution in [0.3, 0.4) is 0 Å². The van der Waals surface area contributed by atoms with Gasteiger partial charge in [0.05, 0.1) is 13.1 Å². The van der Waals surface area contributed by atoms with Crippen LogP contribution in [0.15, 0.2) is 16.7 Å². The first-order valence-electron chi connectivity index (χ1n) is 8.12. The van der Waals surface area contributed by atoms with E-state index in [1.54, 1.807) is 20.8 Å². The lowest BCUT2D eigenvalue weighted by molar-refractivity contribution is -0.159. The zero-order valence-corrected chi connectivity index (χ0v) is 14.9. The molecule has 27 heavy (non-hydrogen) atoms. The summed E-state index contributed by atoms with van der Waals surface area (Å²) < 4.78 is 62.2. The SMILES string of the molecule is CC(C)(C)C(=O)N1CCOc2cc(-c3noc(C(F)(F)F)n3)cc(F)c2C1. The van der Waals surface area contributed by atoms with E-state index in [0.29, 0.717) is 0 Å². The number of amides is 1. The smallest absolute Gasteiger partial charge is 0.471 e. The Morgan fingerprint density at radius 3 is 2.52 bits per heavy atom. The Kier molecular flexibility index (Phi) is 4.61. The van der Waals surface area contributed by atoms with E-state index in [0.717, 1.165) is 6.07 Å². The van der Waals surface area contributed by atoms with Crippen molar-refractivity contribution in [3.63, 3.8) is 0 Å². The lowest BCUT2D eigenvalue weighted by Gasteiger charge is -2.28. The Morgan fingerprint density at radius 2 is 1.93 bits per heavy atom. The monoisotopic (exact) mass is 387 g/mol. The summed E-state index contributed by atoms with van der Waals surface area (Å²) in [5, 5.41) is 3.25. The molecule has 6 nitrogen and oxygen atoms in total. The summed E-state index contributed by atoms with van der Waals surface area (Å²) in [6.45, 7) is 5.66. The van der Waals surface area contributed by atoms with Crippen molar-refractivity contribution in [2.24, 2.45) is 5.41 Å². The normalized spacial score (nSPS) is 15.1. The number of hydrogen-bond acceptors (Lipinski definition) is 5. The molecule has 146 valence electrons. The van der Waals surface area contributed by atoms with Gasteiger partial charge in [-0.25, -0.2) is 4.39 Å². The molecule has 0 unspecified atom stereocenters. The molecule has 10 heteroatoms. The van der Waals surface area contributed by atoms with Crippen molar-refractivity contribution in [1.82, 2.24) is 15.0 Å². The van der Waals surface area contributed by atoms with E-state index in [2.05, 4.69) is 14.7 Å². The predicted octanol–water partition coefficient (Wildman–Crippen LogP) is 3.66. The minimum Gasteiger partial charge on any atom is -0.491 e. The number of hydrogen-bond donors (Lipinski definition) is 0. The Morgan fingerprint density at radius 1 is 1.22 bits per heavy atom.